The van der Waals surface area contributed by atoms with Crippen LogP contribution >= 0.6 is 11.3 Å². The van der Waals surface area contributed by atoms with Crippen molar-refractivity contribution in [3.05, 3.63) is 80.1 Å². The second kappa shape index (κ2) is 9.62. The van der Waals surface area contributed by atoms with Crippen molar-refractivity contribution in [1.29, 1.82) is 0 Å². The summed E-state index contributed by atoms with van der Waals surface area (Å²) in [5, 5.41) is 5.97. The van der Waals surface area contributed by atoms with Crippen molar-refractivity contribution in [2.75, 3.05) is 24.4 Å². The third-order valence-electron chi connectivity index (χ3n) is 4.80. The van der Waals surface area contributed by atoms with Crippen molar-refractivity contribution in [2.24, 2.45) is 0 Å². The lowest BCUT2D eigenvalue weighted by Gasteiger charge is -2.25. The Morgan fingerprint density at radius 1 is 1.19 bits per heavy atom. The highest BCUT2D eigenvalue weighted by Gasteiger charge is 2.22. The van der Waals surface area contributed by atoms with E-state index in [0.717, 1.165) is 10.4 Å². The smallest absolute Gasteiger partial charge is 0.330 e. The van der Waals surface area contributed by atoms with Crippen LogP contribution in [0, 0.1) is 0 Å². The van der Waals surface area contributed by atoms with Crippen molar-refractivity contribution in [1.82, 2.24) is 19.7 Å². The van der Waals surface area contributed by atoms with Gasteiger partial charge in [-0.25, -0.2) is 4.79 Å². The van der Waals surface area contributed by atoms with Gasteiger partial charge in [-0.2, -0.15) is 4.98 Å². The Balaban J connectivity index is 1.73. The summed E-state index contributed by atoms with van der Waals surface area (Å²) in [6, 6.07) is 13.4. The number of nitrogens with zero attached hydrogens (tertiary/aromatic N) is 4. The Morgan fingerprint density at radius 2 is 2.00 bits per heavy atom. The maximum atomic E-state index is 12.8. The number of hydrogen-bond acceptors (Lipinski definition) is 9. The lowest BCUT2D eigenvalue weighted by atomic mass is 10.2. The van der Waals surface area contributed by atoms with Crippen LogP contribution in [0.5, 0.6) is 0 Å². The number of hydrogen-bond donors (Lipinski definition) is 2. The molecule has 0 bridgehead atoms. The predicted octanol–water partition coefficient (Wildman–Crippen LogP) is 2.08. The molecule has 1 aromatic carbocycles. The molecule has 0 saturated heterocycles. The number of methoxy groups -OCH3 is 1. The molecule has 0 radical (unpaired) electrons. The number of aromatic amines is 1. The van der Waals surface area contributed by atoms with Crippen molar-refractivity contribution in [2.45, 2.75) is 19.6 Å². The summed E-state index contributed by atoms with van der Waals surface area (Å²) < 4.78 is 11.8. The van der Waals surface area contributed by atoms with Gasteiger partial charge in [0, 0.05) is 13.7 Å². The SMILES string of the molecule is COCCn1c(N)c(N(Cc2ccccc2)Cc2nc(-c3cccs3)no2)c(=O)[nH]c1=O. The first-order valence-electron chi connectivity index (χ1n) is 9.83. The van der Waals surface area contributed by atoms with Gasteiger partial charge >= 0.3 is 5.69 Å². The molecule has 32 heavy (non-hydrogen) atoms. The normalized spacial score (nSPS) is 11.0. The molecule has 0 fully saturated rings. The number of nitrogens with two attached hydrogens (primary N) is 1. The van der Waals surface area contributed by atoms with E-state index in [9.17, 15) is 9.59 Å². The molecule has 0 amide bonds. The van der Waals surface area contributed by atoms with E-state index < -0.39 is 11.2 Å². The van der Waals surface area contributed by atoms with Gasteiger partial charge in [-0.1, -0.05) is 41.6 Å². The average molecular weight is 455 g/mol. The summed E-state index contributed by atoms with van der Waals surface area (Å²) >= 11 is 1.50. The van der Waals surface area contributed by atoms with Crippen LogP contribution in [0.3, 0.4) is 0 Å². The Bertz CT molecular complexity index is 1280. The van der Waals surface area contributed by atoms with E-state index in [1.54, 1.807) is 4.90 Å². The zero-order valence-electron chi connectivity index (χ0n) is 17.4. The molecule has 4 aromatic rings. The van der Waals surface area contributed by atoms with E-state index in [4.69, 9.17) is 15.0 Å². The summed E-state index contributed by atoms with van der Waals surface area (Å²) in [5.41, 5.74) is 6.21. The van der Waals surface area contributed by atoms with Crippen LogP contribution in [0.25, 0.3) is 10.7 Å². The number of thiophene rings is 1. The van der Waals surface area contributed by atoms with E-state index in [1.807, 2.05) is 47.8 Å². The average Bonchev–Trinajstić information content (AvgIpc) is 3.46. The summed E-state index contributed by atoms with van der Waals surface area (Å²) in [4.78, 5) is 34.5. The number of H-pyrrole nitrogens is 1. The van der Waals surface area contributed by atoms with Crippen molar-refractivity contribution >= 4 is 22.8 Å². The Labute approximate surface area is 186 Å². The number of nitrogen functional groups attached to an aromatic ring is 1. The fraction of sp³-hybridized carbons (Fsp3) is 0.238. The molecule has 0 unspecified atom stereocenters. The molecule has 166 valence electrons. The van der Waals surface area contributed by atoms with Gasteiger partial charge in [0.1, 0.15) is 11.5 Å². The molecule has 0 aliphatic rings. The highest BCUT2D eigenvalue weighted by molar-refractivity contribution is 7.13. The molecule has 0 aliphatic heterocycles. The molecule has 0 saturated carbocycles. The first-order valence-corrected chi connectivity index (χ1v) is 10.7. The molecule has 3 N–H and O–H groups in total. The quantitative estimate of drug-likeness (QED) is 0.393. The maximum absolute atomic E-state index is 12.8. The lowest BCUT2D eigenvalue weighted by Crippen LogP contribution is -2.38. The minimum absolute atomic E-state index is 0.0460. The minimum atomic E-state index is -0.592. The fourth-order valence-corrected chi connectivity index (χ4v) is 3.94. The molecule has 10 nitrogen and oxygen atoms in total. The molecular weight excluding hydrogens is 432 g/mol. The molecule has 0 aliphatic carbocycles. The number of nitrogens with one attached hydrogen (secondary N) is 1. The van der Waals surface area contributed by atoms with Gasteiger partial charge in [0.15, 0.2) is 0 Å². The molecule has 0 spiro atoms. The van der Waals surface area contributed by atoms with E-state index in [1.165, 1.54) is 23.0 Å². The highest BCUT2D eigenvalue weighted by Crippen LogP contribution is 2.24. The first kappa shape index (κ1) is 21.5. The van der Waals surface area contributed by atoms with Gasteiger partial charge < -0.3 is 19.9 Å². The van der Waals surface area contributed by atoms with Crippen LogP contribution in [0.2, 0.25) is 0 Å². The van der Waals surface area contributed by atoms with Crippen molar-refractivity contribution in [3.8, 4) is 10.7 Å². The first-order chi connectivity index (χ1) is 15.6. The minimum Gasteiger partial charge on any atom is -0.383 e. The molecule has 3 heterocycles. The summed E-state index contributed by atoms with van der Waals surface area (Å²) in [6.07, 6.45) is 0. The Hall–Kier alpha value is -3.70. The van der Waals surface area contributed by atoms with Crippen LogP contribution < -0.4 is 21.9 Å². The molecular formula is C21H22N6O4S. The maximum Gasteiger partial charge on any atom is 0.330 e. The van der Waals surface area contributed by atoms with Gasteiger partial charge in [0.05, 0.1) is 24.6 Å². The van der Waals surface area contributed by atoms with Gasteiger partial charge in [-0.05, 0) is 17.0 Å². The highest BCUT2D eigenvalue weighted by atomic mass is 32.1. The number of rotatable bonds is 9. The van der Waals surface area contributed by atoms with Crippen molar-refractivity contribution in [3.63, 3.8) is 0 Å². The van der Waals surface area contributed by atoms with E-state index >= 15 is 0 Å². The van der Waals surface area contributed by atoms with Crippen molar-refractivity contribution < 1.29 is 9.26 Å². The summed E-state index contributed by atoms with van der Waals surface area (Å²) in [7, 11) is 1.52. The van der Waals surface area contributed by atoms with E-state index in [-0.39, 0.29) is 31.2 Å². The third-order valence-corrected chi connectivity index (χ3v) is 5.67. The zero-order valence-corrected chi connectivity index (χ0v) is 18.2. The fourth-order valence-electron chi connectivity index (χ4n) is 3.29. The van der Waals surface area contributed by atoms with Gasteiger partial charge in [0.2, 0.25) is 11.7 Å². The summed E-state index contributed by atoms with van der Waals surface area (Å²) in [6.45, 7) is 0.936. The van der Waals surface area contributed by atoms with Crippen LogP contribution in [-0.4, -0.2) is 33.4 Å². The lowest BCUT2D eigenvalue weighted by molar-refractivity contribution is 0.186. The van der Waals surface area contributed by atoms with Gasteiger partial charge in [-0.3, -0.25) is 14.3 Å². The number of anilines is 2. The largest absolute Gasteiger partial charge is 0.383 e. The van der Waals surface area contributed by atoms with E-state index in [2.05, 4.69) is 15.1 Å². The van der Waals surface area contributed by atoms with Crippen LogP contribution in [-0.2, 0) is 24.4 Å². The number of benzene rings is 1. The van der Waals surface area contributed by atoms with Gasteiger partial charge in [0.25, 0.3) is 5.56 Å². The van der Waals surface area contributed by atoms with Crippen LogP contribution in [0.15, 0.2) is 62.0 Å². The molecule has 11 heteroatoms. The van der Waals surface area contributed by atoms with Gasteiger partial charge in [-0.15, -0.1) is 11.3 Å². The Kier molecular flexibility index (Phi) is 6.47. The summed E-state index contributed by atoms with van der Waals surface area (Å²) in [5.74, 6) is 0.837. The van der Waals surface area contributed by atoms with Crippen LogP contribution in [0.4, 0.5) is 11.5 Å². The monoisotopic (exact) mass is 454 g/mol. The number of ether oxygens (including phenoxy) is 1. The number of aromatic nitrogens is 4. The van der Waals surface area contributed by atoms with E-state index in [0.29, 0.717) is 18.3 Å². The predicted molar refractivity (Wildman–Crippen MR) is 122 cm³/mol. The molecule has 3 aromatic heterocycles. The molecule has 0 atom stereocenters. The zero-order chi connectivity index (χ0) is 22.5. The Morgan fingerprint density at radius 3 is 2.72 bits per heavy atom. The third kappa shape index (κ3) is 4.63. The van der Waals surface area contributed by atoms with Crippen LogP contribution in [0.1, 0.15) is 11.5 Å². The standard InChI is InChI=1S/C21H22N6O4S/c1-30-10-9-27-18(22)17(20(28)24-21(27)29)26(12-14-6-3-2-4-7-14)13-16-23-19(25-31-16)15-8-5-11-32-15/h2-8,11H,9-10,12-13,22H2,1H3,(H,24,28,29). The topological polar surface area (TPSA) is 132 Å². The second-order valence-corrected chi connectivity index (χ2v) is 7.92. The second-order valence-electron chi connectivity index (χ2n) is 6.97. The molecule has 4 rings (SSSR count).